The average molecular weight is 412 g/mol. The van der Waals surface area contributed by atoms with Gasteiger partial charge in [0.15, 0.2) is 16.9 Å². The van der Waals surface area contributed by atoms with Gasteiger partial charge in [0.25, 0.3) is 0 Å². The van der Waals surface area contributed by atoms with Crippen LogP contribution in [0.5, 0.6) is 0 Å². The van der Waals surface area contributed by atoms with Gasteiger partial charge in [-0.25, -0.2) is 14.8 Å². The van der Waals surface area contributed by atoms with Gasteiger partial charge in [-0.3, -0.25) is 9.69 Å². The Morgan fingerprint density at radius 1 is 1.43 bits per heavy atom. The van der Waals surface area contributed by atoms with Crippen molar-refractivity contribution in [2.45, 2.75) is 24.9 Å². The summed E-state index contributed by atoms with van der Waals surface area (Å²) in [4.78, 5) is 41.3. The lowest BCUT2D eigenvalue weighted by molar-refractivity contribution is -0.123. The van der Waals surface area contributed by atoms with Crippen LogP contribution >= 0.6 is 0 Å². The molecule has 11 heteroatoms. The largest absolute Gasteiger partial charge is 0.441 e. The number of nitrogens with zero attached hydrogens (tertiary/aromatic N) is 6. The number of hydrogen-bond donors (Lipinski definition) is 2. The fourth-order valence-electron chi connectivity index (χ4n) is 3.67. The normalized spacial score (nSPS) is 25.4. The van der Waals surface area contributed by atoms with Crippen molar-refractivity contribution in [2.24, 2.45) is 5.92 Å². The van der Waals surface area contributed by atoms with Crippen molar-refractivity contribution >= 4 is 22.8 Å². The number of hydrogen-bond acceptors (Lipinski definition) is 10. The Hall–Kier alpha value is -3.10. The summed E-state index contributed by atoms with van der Waals surface area (Å²) < 4.78 is 5.04. The summed E-state index contributed by atoms with van der Waals surface area (Å²) >= 11 is 0. The lowest BCUT2D eigenvalue weighted by Gasteiger charge is -2.34. The molecule has 1 aliphatic carbocycles. The Bertz CT molecular complexity index is 1040. The SMILES string of the molecule is CC1CC1(C#N)NC(=O)C(CN1CCN(C)CC1)Nc1nc(=O)oc2cncnc12. The molecule has 2 fully saturated rings. The van der Waals surface area contributed by atoms with Crippen molar-refractivity contribution in [3.05, 3.63) is 23.1 Å². The highest BCUT2D eigenvalue weighted by Crippen LogP contribution is 2.42. The van der Waals surface area contributed by atoms with E-state index in [1.165, 1.54) is 12.5 Å². The van der Waals surface area contributed by atoms with Crippen LogP contribution in [0, 0.1) is 17.2 Å². The molecule has 2 aromatic rings. The molecular formula is C19H24N8O3. The summed E-state index contributed by atoms with van der Waals surface area (Å²) in [6.07, 6.45) is 3.32. The summed E-state index contributed by atoms with van der Waals surface area (Å²) in [5.74, 6) is -0.848. The van der Waals surface area contributed by atoms with Gasteiger partial charge < -0.3 is 20.0 Å². The molecule has 1 saturated heterocycles. The van der Waals surface area contributed by atoms with Gasteiger partial charge in [0, 0.05) is 32.7 Å². The van der Waals surface area contributed by atoms with E-state index in [4.69, 9.17) is 4.42 Å². The molecule has 2 aliphatic rings. The molecule has 2 N–H and O–H groups in total. The molecule has 1 amide bonds. The molecule has 0 spiro atoms. The van der Waals surface area contributed by atoms with Crippen molar-refractivity contribution in [1.29, 1.82) is 5.26 Å². The number of aromatic nitrogens is 3. The highest BCUT2D eigenvalue weighted by Gasteiger charge is 2.53. The minimum Gasteiger partial charge on any atom is -0.405 e. The van der Waals surface area contributed by atoms with Crippen LogP contribution in [0.25, 0.3) is 11.1 Å². The van der Waals surface area contributed by atoms with Gasteiger partial charge in [0.1, 0.15) is 17.9 Å². The Balaban J connectivity index is 1.59. The van der Waals surface area contributed by atoms with E-state index in [-0.39, 0.29) is 23.2 Å². The topological polar surface area (TPSA) is 140 Å². The zero-order valence-corrected chi connectivity index (χ0v) is 17.0. The van der Waals surface area contributed by atoms with Crippen LogP contribution in [0.4, 0.5) is 5.82 Å². The van der Waals surface area contributed by atoms with Crippen LogP contribution in [0.2, 0.25) is 0 Å². The molecule has 11 nitrogen and oxygen atoms in total. The van der Waals surface area contributed by atoms with E-state index in [2.05, 4.69) is 48.5 Å². The van der Waals surface area contributed by atoms with E-state index in [1.807, 2.05) is 6.92 Å². The molecule has 3 atom stereocenters. The van der Waals surface area contributed by atoms with E-state index < -0.39 is 17.3 Å². The van der Waals surface area contributed by atoms with Crippen molar-refractivity contribution in [2.75, 3.05) is 45.1 Å². The number of amides is 1. The first-order chi connectivity index (χ1) is 14.4. The molecule has 0 aromatic carbocycles. The maximum Gasteiger partial charge on any atom is 0.441 e. The number of piperazine rings is 1. The molecule has 4 rings (SSSR count). The van der Waals surface area contributed by atoms with Crippen LogP contribution in [0.1, 0.15) is 13.3 Å². The van der Waals surface area contributed by atoms with E-state index in [9.17, 15) is 14.9 Å². The lowest BCUT2D eigenvalue weighted by atomic mass is 10.1. The second-order valence-corrected chi connectivity index (χ2v) is 8.04. The number of carbonyl (C=O) groups is 1. The van der Waals surface area contributed by atoms with Gasteiger partial charge in [0.05, 0.1) is 12.3 Å². The second kappa shape index (κ2) is 7.97. The third-order valence-electron chi connectivity index (χ3n) is 5.82. The number of nitriles is 1. The summed E-state index contributed by atoms with van der Waals surface area (Å²) in [6.45, 7) is 5.77. The first-order valence-electron chi connectivity index (χ1n) is 9.92. The quantitative estimate of drug-likeness (QED) is 0.633. The van der Waals surface area contributed by atoms with Gasteiger partial charge in [-0.2, -0.15) is 10.2 Å². The summed E-state index contributed by atoms with van der Waals surface area (Å²) in [7, 11) is 2.06. The van der Waals surface area contributed by atoms with Gasteiger partial charge in [0.2, 0.25) is 5.91 Å². The highest BCUT2D eigenvalue weighted by atomic mass is 16.4. The van der Waals surface area contributed by atoms with Crippen LogP contribution in [0.3, 0.4) is 0 Å². The molecule has 3 heterocycles. The third-order valence-corrected chi connectivity index (χ3v) is 5.82. The molecule has 1 aliphatic heterocycles. The Morgan fingerprint density at radius 3 is 2.83 bits per heavy atom. The molecular weight excluding hydrogens is 388 g/mol. The maximum absolute atomic E-state index is 13.1. The Morgan fingerprint density at radius 2 is 2.17 bits per heavy atom. The first-order valence-corrected chi connectivity index (χ1v) is 9.92. The summed E-state index contributed by atoms with van der Waals surface area (Å²) in [5, 5.41) is 15.5. The molecule has 0 bridgehead atoms. The van der Waals surface area contributed by atoms with Crippen molar-refractivity contribution in [3.8, 4) is 6.07 Å². The first kappa shape index (κ1) is 20.2. The number of fused-ring (bicyclic) bond motifs is 1. The molecule has 3 unspecified atom stereocenters. The number of nitrogens with one attached hydrogen (secondary N) is 2. The van der Waals surface area contributed by atoms with E-state index in [1.54, 1.807) is 0 Å². The highest BCUT2D eigenvalue weighted by molar-refractivity contribution is 5.89. The number of likely N-dealkylation sites (N-methyl/N-ethyl adjacent to an activating group) is 1. The van der Waals surface area contributed by atoms with Crippen LogP contribution < -0.4 is 16.4 Å². The standard InChI is InChI=1S/C19H24N8O3/c1-12-7-19(12,10-20)25-17(28)13(9-27-5-3-26(2)4-6-27)23-16-15-14(8-21-11-22-15)30-18(29)24-16/h8,11-13H,3-7,9H2,1-2H3,(H,25,28)(H,23,24,29). The molecule has 1 saturated carbocycles. The molecule has 0 radical (unpaired) electrons. The van der Waals surface area contributed by atoms with Crippen molar-refractivity contribution in [1.82, 2.24) is 30.1 Å². The minimum absolute atomic E-state index is 0.103. The molecule has 158 valence electrons. The van der Waals surface area contributed by atoms with Crippen molar-refractivity contribution < 1.29 is 9.21 Å². The zero-order valence-electron chi connectivity index (χ0n) is 17.0. The Labute approximate surface area is 173 Å². The molecule has 30 heavy (non-hydrogen) atoms. The number of anilines is 1. The van der Waals surface area contributed by atoms with Gasteiger partial charge in [-0.1, -0.05) is 6.92 Å². The number of carbonyl (C=O) groups excluding carboxylic acids is 1. The van der Waals surface area contributed by atoms with E-state index >= 15 is 0 Å². The average Bonchev–Trinajstić information content (AvgIpc) is 3.38. The van der Waals surface area contributed by atoms with E-state index in [0.717, 1.165) is 26.2 Å². The predicted octanol–water partition coefficient (Wildman–Crippen LogP) is -0.576. The molecule has 2 aromatic heterocycles. The number of rotatable bonds is 6. The Kier molecular flexibility index (Phi) is 5.36. The summed E-state index contributed by atoms with van der Waals surface area (Å²) in [6, 6.07) is 1.50. The maximum atomic E-state index is 13.1. The third kappa shape index (κ3) is 4.10. The van der Waals surface area contributed by atoms with E-state index in [0.29, 0.717) is 18.5 Å². The van der Waals surface area contributed by atoms with Crippen LogP contribution in [-0.4, -0.2) is 82.0 Å². The van der Waals surface area contributed by atoms with Gasteiger partial charge >= 0.3 is 5.76 Å². The van der Waals surface area contributed by atoms with Crippen LogP contribution in [0.15, 0.2) is 21.7 Å². The summed E-state index contributed by atoms with van der Waals surface area (Å²) in [5.41, 5.74) is -0.328. The van der Waals surface area contributed by atoms with Gasteiger partial charge in [-0.15, -0.1) is 0 Å². The van der Waals surface area contributed by atoms with Crippen LogP contribution in [-0.2, 0) is 4.79 Å². The fourth-order valence-corrected chi connectivity index (χ4v) is 3.67. The minimum atomic E-state index is -0.827. The second-order valence-electron chi connectivity index (χ2n) is 8.04. The fraction of sp³-hybridized carbons (Fsp3) is 0.579. The predicted molar refractivity (Wildman–Crippen MR) is 107 cm³/mol. The lowest BCUT2D eigenvalue weighted by Crippen LogP contribution is -2.54. The van der Waals surface area contributed by atoms with Crippen molar-refractivity contribution in [3.63, 3.8) is 0 Å². The smallest absolute Gasteiger partial charge is 0.405 e. The van der Waals surface area contributed by atoms with Gasteiger partial charge in [-0.05, 0) is 19.4 Å². The zero-order chi connectivity index (χ0) is 21.3. The monoisotopic (exact) mass is 412 g/mol.